The van der Waals surface area contributed by atoms with E-state index >= 15 is 0 Å². The Morgan fingerprint density at radius 1 is 0.640 bits per heavy atom. The van der Waals surface area contributed by atoms with Crippen LogP contribution in [0.2, 0.25) is 0 Å². The summed E-state index contributed by atoms with van der Waals surface area (Å²) in [5, 5.41) is 0. The highest BCUT2D eigenvalue weighted by molar-refractivity contribution is 8.16. The zero-order chi connectivity index (χ0) is 17.5. The van der Waals surface area contributed by atoms with Crippen LogP contribution in [0.25, 0.3) is 0 Å². The average Bonchev–Trinajstić information content (AvgIpc) is 2.68. The molecule has 0 fully saturated rings. The molecule has 2 nitrogen and oxygen atoms in total. The van der Waals surface area contributed by atoms with Gasteiger partial charge in [-0.3, -0.25) is 0 Å². The summed E-state index contributed by atoms with van der Waals surface area (Å²) in [6, 6.07) is 27.1. The first kappa shape index (κ1) is 17.8. The fraction of sp³-hybridized carbons (Fsp3) is 0.143. The van der Waals surface area contributed by atoms with Crippen molar-refractivity contribution >= 4 is 23.5 Å². The van der Waals surface area contributed by atoms with E-state index < -0.39 is 0 Å². The minimum absolute atomic E-state index is 0.213. The van der Waals surface area contributed by atoms with Gasteiger partial charge in [0.25, 0.3) is 0 Å². The molecule has 0 atom stereocenters. The SMILES string of the molecule is COc1ccc(C(Sc2ccccc2)Sc2ccccc2)cc1OC. The van der Waals surface area contributed by atoms with E-state index in [1.165, 1.54) is 15.4 Å². The van der Waals surface area contributed by atoms with E-state index in [9.17, 15) is 0 Å². The molecule has 0 aliphatic heterocycles. The Labute approximate surface area is 157 Å². The molecule has 0 saturated carbocycles. The molecule has 25 heavy (non-hydrogen) atoms. The number of thioether (sulfide) groups is 2. The standard InChI is InChI=1S/C21H20O2S2/c1-22-19-14-13-16(15-20(19)23-2)21(24-17-9-5-3-6-10-17)25-18-11-7-4-8-12-18/h3-15,21H,1-2H3. The molecule has 0 amide bonds. The summed E-state index contributed by atoms with van der Waals surface area (Å²) in [5.41, 5.74) is 1.19. The second-order valence-corrected chi connectivity index (χ2v) is 7.96. The second-order valence-electron chi connectivity index (χ2n) is 5.31. The number of methoxy groups -OCH3 is 2. The summed E-state index contributed by atoms with van der Waals surface area (Å²) in [4.78, 5) is 2.48. The highest BCUT2D eigenvalue weighted by Gasteiger charge is 2.17. The molecule has 0 unspecified atom stereocenters. The van der Waals surface area contributed by atoms with Crippen molar-refractivity contribution in [3.05, 3.63) is 84.4 Å². The van der Waals surface area contributed by atoms with Crippen LogP contribution in [0.15, 0.2) is 88.7 Å². The Morgan fingerprint density at radius 3 is 1.64 bits per heavy atom. The molecule has 128 valence electrons. The van der Waals surface area contributed by atoms with Crippen molar-refractivity contribution in [2.75, 3.05) is 14.2 Å². The molecule has 0 aliphatic carbocycles. The predicted molar refractivity (Wildman–Crippen MR) is 107 cm³/mol. The zero-order valence-electron chi connectivity index (χ0n) is 14.2. The lowest BCUT2D eigenvalue weighted by Crippen LogP contribution is -1.95. The number of hydrogen-bond acceptors (Lipinski definition) is 4. The Kier molecular flexibility index (Phi) is 6.31. The van der Waals surface area contributed by atoms with Crippen molar-refractivity contribution in [1.29, 1.82) is 0 Å². The highest BCUT2D eigenvalue weighted by Crippen LogP contribution is 2.48. The lowest BCUT2D eigenvalue weighted by atomic mass is 10.2. The van der Waals surface area contributed by atoms with E-state index in [1.54, 1.807) is 14.2 Å². The molecular formula is C21H20O2S2. The van der Waals surface area contributed by atoms with Gasteiger partial charge in [-0.25, -0.2) is 0 Å². The van der Waals surface area contributed by atoms with Crippen molar-refractivity contribution in [2.45, 2.75) is 14.4 Å². The van der Waals surface area contributed by atoms with Gasteiger partial charge in [0.15, 0.2) is 11.5 Å². The summed E-state index contributed by atoms with van der Waals surface area (Å²) in [7, 11) is 3.33. The molecule has 0 radical (unpaired) electrons. The van der Waals surface area contributed by atoms with Crippen LogP contribution >= 0.6 is 23.5 Å². The molecule has 0 N–H and O–H groups in total. The van der Waals surface area contributed by atoms with E-state index in [4.69, 9.17) is 9.47 Å². The van der Waals surface area contributed by atoms with Gasteiger partial charge in [0.2, 0.25) is 0 Å². The molecule has 3 aromatic carbocycles. The third-order valence-electron chi connectivity index (χ3n) is 3.65. The Hall–Kier alpha value is -2.04. The van der Waals surface area contributed by atoms with Crippen LogP contribution in [0.1, 0.15) is 10.1 Å². The predicted octanol–water partition coefficient (Wildman–Crippen LogP) is 6.29. The largest absolute Gasteiger partial charge is 0.493 e. The molecular weight excluding hydrogens is 348 g/mol. The number of ether oxygens (including phenoxy) is 2. The number of hydrogen-bond donors (Lipinski definition) is 0. The van der Waals surface area contributed by atoms with Crippen LogP contribution < -0.4 is 9.47 Å². The second kappa shape index (κ2) is 8.88. The quantitative estimate of drug-likeness (QED) is 0.360. The molecule has 0 spiro atoms. The Morgan fingerprint density at radius 2 is 1.16 bits per heavy atom. The monoisotopic (exact) mass is 368 g/mol. The lowest BCUT2D eigenvalue weighted by Gasteiger charge is -2.18. The summed E-state index contributed by atoms with van der Waals surface area (Å²) in [5.74, 6) is 1.51. The number of benzene rings is 3. The summed E-state index contributed by atoms with van der Waals surface area (Å²) in [6.45, 7) is 0. The molecule has 0 bridgehead atoms. The summed E-state index contributed by atoms with van der Waals surface area (Å²) >= 11 is 3.67. The average molecular weight is 369 g/mol. The van der Waals surface area contributed by atoms with E-state index in [1.807, 2.05) is 41.7 Å². The normalized spacial score (nSPS) is 10.7. The maximum absolute atomic E-state index is 5.48. The van der Waals surface area contributed by atoms with Crippen LogP contribution in [0, 0.1) is 0 Å². The molecule has 0 aliphatic rings. The van der Waals surface area contributed by atoms with Crippen LogP contribution in [0.3, 0.4) is 0 Å². The third kappa shape index (κ3) is 4.74. The fourth-order valence-corrected chi connectivity index (χ4v) is 4.95. The van der Waals surface area contributed by atoms with Crippen molar-refractivity contribution in [1.82, 2.24) is 0 Å². The smallest absolute Gasteiger partial charge is 0.161 e. The molecule has 4 heteroatoms. The molecule has 0 saturated heterocycles. The van der Waals surface area contributed by atoms with E-state index in [0.29, 0.717) is 0 Å². The van der Waals surface area contributed by atoms with Crippen molar-refractivity contribution < 1.29 is 9.47 Å². The van der Waals surface area contributed by atoms with Gasteiger partial charge in [-0.05, 0) is 42.0 Å². The Balaban J connectivity index is 1.92. The van der Waals surface area contributed by atoms with Gasteiger partial charge in [-0.2, -0.15) is 0 Å². The lowest BCUT2D eigenvalue weighted by molar-refractivity contribution is 0.354. The van der Waals surface area contributed by atoms with Crippen LogP contribution in [0.5, 0.6) is 11.5 Å². The van der Waals surface area contributed by atoms with E-state index in [0.717, 1.165) is 11.5 Å². The first-order valence-electron chi connectivity index (χ1n) is 7.95. The van der Waals surface area contributed by atoms with Gasteiger partial charge >= 0.3 is 0 Å². The maximum atomic E-state index is 5.48. The van der Waals surface area contributed by atoms with Gasteiger partial charge in [0.1, 0.15) is 0 Å². The minimum atomic E-state index is 0.213. The van der Waals surface area contributed by atoms with Gasteiger partial charge in [0, 0.05) is 9.79 Å². The number of rotatable bonds is 7. The van der Waals surface area contributed by atoms with Crippen LogP contribution in [-0.4, -0.2) is 14.2 Å². The van der Waals surface area contributed by atoms with Crippen LogP contribution in [-0.2, 0) is 0 Å². The van der Waals surface area contributed by atoms with Gasteiger partial charge in [-0.1, -0.05) is 42.5 Å². The molecule has 3 aromatic rings. The van der Waals surface area contributed by atoms with Crippen molar-refractivity contribution in [3.63, 3.8) is 0 Å². The minimum Gasteiger partial charge on any atom is -0.493 e. The topological polar surface area (TPSA) is 18.5 Å². The first-order valence-corrected chi connectivity index (χ1v) is 9.71. The Bertz CT molecular complexity index is 750. The maximum Gasteiger partial charge on any atom is 0.161 e. The fourth-order valence-electron chi connectivity index (χ4n) is 2.40. The van der Waals surface area contributed by atoms with Crippen molar-refractivity contribution in [3.8, 4) is 11.5 Å². The molecule has 0 heterocycles. The van der Waals surface area contributed by atoms with Gasteiger partial charge in [0.05, 0.1) is 18.8 Å². The van der Waals surface area contributed by atoms with Crippen molar-refractivity contribution in [2.24, 2.45) is 0 Å². The van der Waals surface area contributed by atoms with E-state index in [-0.39, 0.29) is 4.58 Å². The summed E-state index contributed by atoms with van der Waals surface area (Å²) < 4.78 is 11.1. The molecule has 0 aromatic heterocycles. The first-order chi connectivity index (χ1) is 12.3. The highest BCUT2D eigenvalue weighted by atomic mass is 32.2. The molecule has 3 rings (SSSR count). The van der Waals surface area contributed by atoms with Crippen LogP contribution in [0.4, 0.5) is 0 Å². The zero-order valence-corrected chi connectivity index (χ0v) is 15.8. The van der Waals surface area contributed by atoms with Gasteiger partial charge in [-0.15, -0.1) is 23.5 Å². The third-order valence-corrected chi connectivity index (χ3v) is 6.29. The summed E-state index contributed by atoms with van der Waals surface area (Å²) in [6.07, 6.45) is 0. The van der Waals surface area contributed by atoms with Gasteiger partial charge < -0.3 is 9.47 Å². The van der Waals surface area contributed by atoms with E-state index in [2.05, 4.69) is 60.7 Å².